The summed E-state index contributed by atoms with van der Waals surface area (Å²) in [5.41, 5.74) is -0.750. The number of rotatable bonds is 4. The Kier molecular flexibility index (Phi) is 9.16. The SMILES string of the molecule is CN(C)C1CSSSC1OC(=O)C(=O)OC1SSSCC1N(C)C. The van der Waals surface area contributed by atoms with Crippen LogP contribution in [0.4, 0.5) is 0 Å². The first-order valence-electron chi connectivity index (χ1n) is 7.04. The topological polar surface area (TPSA) is 59.1 Å². The minimum Gasteiger partial charge on any atom is -0.440 e. The quantitative estimate of drug-likeness (QED) is 0.361. The highest BCUT2D eigenvalue weighted by atomic mass is 33.5. The maximum absolute atomic E-state index is 12.2. The van der Waals surface area contributed by atoms with Crippen molar-refractivity contribution in [3.63, 3.8) is 0 Å². The average molecular weight is 449 g/mol. The van der Waals surface area contributed by atoms with Gasteiger partial charge in [-0.15, -0.1) is 0 Å². The highest BCUT2D eigenvalue weighted by molar-refractivity contribution is 9.10. The molecule has 2 saturated heterocycles. The van der Waals surface area contributed by atoms with E-state index < -0.39 is 11.9 Å². The zero-order valence-electron chi connectivity index (χ0n) is 13.7. The van der Waals surface area contributed by atoms with Crippen molar-refractivity contribution in [1.82, 2.24) is 9.80 Å². The Balaban J connectivity index is 1.90. The molecule has 2 aliphatic heterocycles. The number of hydrogen-bond donors (Lipinski definition) is 0. The number of esters is 2. The third kappa shape index (κ3) is 6.00. The lowest BCUT2D eigenvalue weighted by Crippen LogP contribution is -2.45. The molecule has 0 aromatic heterocycles. The van der Waals surface area contributed by atoms with Crippen LogP contribution in [0.5, 0.6) is 0 Å². The fraction of sp³-hybridized carbons (Fsp3) is 0.833. The number of ether oxygens (including phenoxy) is 2. The zero-order valence-corrected chi connectivity index (χ0v) is 18.6. The number of carbonyl (C=O) groups is 2. The summed E-state index contributed by atoms with van der Waals surface area (Å²) in [5.74, 6) is -0.138. The van der Waals surface area contributed by atoms with Gasteiger partial charge in [-0.05, 0) is 69.4 Å². The molecule has 0 aromatic carbocycles. The number of carbonyl (C=O) groups excluding carboxylic acids is 2. The van der Waals surface area contributed by atoms with Crippen LogP contribution in [0.15, 0.2) is 0 Å². The van der Waals surface area contributed by atoms with Crippen molar-refractivity contribution in [2.75, 3.05) is 39.7 Å². The molecule has 24 heavy (non-hydrogen) atoms. The van der Waals surface area contributed by atoms with E-state index in [4.69, 9.17) is 9.47 Å². The van der Waals surface area contributed by atoms with Gasteiger partial charge in [0, 0.05) is 11.5 Å². The van der Waals surface area contributed by atoms with E-state index in [-0.39, 0.29) is 23.0 Å². The minimum atomic E-state index is -0.909. The van der Waals surface area contributed by atoms with Crippen LogP contribution in [0.1, 0.15) is 0 Å². The molecule has 2 fully saturated rings. The first kappa shape index (κ1) is 21.3. The van der Waals surface area contributed by atoms with Crippen LogP contribution in [-0.4, -0.2) is 84.4 Å². The maximum Gasteiger partial charge on any atom is 0.418 e. The fourth-order valence-electron chi connectivity index (χ4n) is 1.90. The molecule has 6 nitrogen and oxygen atoms in total. The van der Waals surface area contributed by atoms with Crippen molar-refractivity contribution in [1.29, 1.82) is 0 Å². The molecular weight excluding hydrogens is 429 g/mol. The van der Waals surface area contributed by atoms with Crippen LogP contribution in [0.25, 0.3) is 0 Å². The highest BCUT2D eigenvalue weighted by Gasteiger charge is 2.37. The second-order valence-electron chi connectivity index (χ2n) is 5.51. The zero-order chi connectivity index (χ0) is 17.7. The summed E-state index contributed by atoms with van der Waals surface area (Å²) in [6.45, 7) is 0. The van der Waals surface area contributed by atoms with Crippen molar-refractivity contribution in [2.45, 2.75) is 23.0 Å². The van der Waals surface area contributed by atoms with Crippen LogP contribution >= 0.6 is 62.8 Å². The smallest absolute Gasteiger partial charge is 0.418 e. The molecular formula is C12H20N2O4S6. The number of likely N-dealkylation sites (N-methyl/N-ethyl adjacent to an activating group) is 2. The Morgan fingerprint density at radius 3 is 1.50 bits per heavy atom. The maximum atomic E-state index is 12.2. The summed E-state index contributed by atoms with van der Waals surface area (Å²) in [4.78, 5) is 28.3. The molecule has 2 aliphatic rings. The van der Waals surface area contributed by atoms with E-state index in [0.717, 1.165) is 11.5 Å². The predicted octanol–water partition coefficient (Wildman–Crippen LogP) is 2.67. The number of hydrogen-bond acceptors (Lipinski definition) is 12. The van der Waals surface area contributed by atoms with Crippen LogP contribution in [0, 0.1) is 0 Å². The van der Waals surface area contributed by atoms with Gasteiger partial charge in [-0.1, -0.05) is 21.6 Å². The Bertz CT molecular complexity index is 415. The van der Waals surface area contributed by atoms with E-state index in [2.05, 4.69) is 0 Å². The van der Waals surface area contributed by atoms with Crippen molar-refractivity contribution in [3.8, 4) is 0 Å². The van der Waals surface area contributed by atoms with E-state index in [1.54, 1.807) is 41.2 Å². The summed E-state index contributed by atoms with van der Waals surface area (Å²) in [6.07, 6.45) is 0. The van der Waals surface area contributed by atoms with Gasteiger partial charge in [0.15, 0.2) is 10.9 Å². The van der Waals surface area contributed by atoms with E-state index in [1.165, 1.54) is 21.6 Å². The molecule has 12 heteroatoms. The Hall–Kier alpha value is 0.960. The lowest BCUT2D eigenvalue weighted by molar-refractivity contribution is -0.171. The summed E-state index contributed by atoms with van der Waals surface area (Å²) in [6, 6.07) is 0.145. The van der Waals surface area contributed by atoms with Crippen molar-refractivity contribution in [2.24, 2.45) is 0 Å². The Morgan fingerprint density at radius 1 is 0.792 bits per heavy atom. The lowest BCUT2D eigenvalue weighted by atomic mass is 10.3. The van der Waals surface area contributed by atoms with Crippen molar-refractivity contribution < 1.29 is 19.1 Å². The molecule has 2 rings (SSSR count). The summed E-state index contributed by atoms with van der Waals surface area (Å²) in [5, 5.41) is 0. The second-order valence-corrected chi connectivity index (χ2v) is 14.1. The monoisotopic (exact) mass is 448 g/mol. The van der Waals surface area contributed by atoms with Gasteiger partial charge < -0.3 is 19.3 Å². The van der Waals surface area contributed by atoms with Crippen molar-refractivity contribution in [3.05, 3.63) is 0 Å². The third-order valence-corrected chi connectivity index (χ3v) is 12.1. The molecule has 0 aromatic rings. The molecule has 0 bridgehead atoms. The highest BCUT2D eigenvalue weighted by Crippen LogP contribution is 2.47. The molecule has 0 spiro atoms. The van der Waals surface area contributed by atoms with Gasteiger partial charge in [0.1, 0.15) is 0 Å². The van der Waals surface area contributed by atoms with Gasteiger partial charge in [-0.25, -0.2) is 9.59 Å². The minimum absolute atomic E-state index is 0.0727. The average Bonchev–Trinajstić information content (AvgIpc) is 2.55. The Morgan fingerprint density at radius 2 is 1.17 bits per heavy atom. The predicted molar refractivity (Wildman–Crippen MR) is 110 cm³/mol. The molecule has 0 aliphatic carbocycles. The molecule has 2 heterocycles. The molecule has 4 atom stereocenters. The summed E-state index contributed by atoms with van der Waals surface area (Å²) >= 11 is 0. The van der Waals surface area contributed by atoms with Crippen LogP contribution in [0.2, 0.25) is 0 Å². The third-order valence-electron chi connectivity index (χ3n) is 3.41. The fourth-order valence-corrected chi connectivity index (χ4v) is 11.3. The van der Waals surface area contributed by atoms with Gasteiger partial charge >= 0.3 is 11.9 Å². The molecule has 0 amide bonds. The normalized spacial score (nSPS) is 31.1. The standard InChI is InChI=1S/C12H20N2O4S6/c1-13(2)7-5-19-23-21-11(7)17-9(15)10(16)18-12-8(14(3)4)6-20-24-22-12/h7-8,11-12H,5-6H2,1-4H3. The van der Waals surface area contributed by atoms with Gasteiger partial charge in [0.2, 0.25) is 0 Å². The molecule has 0 N–H and O–H groups in total. The van der Waals surface area contributed by atoms with Crippen LogP contribution in [-0.2, 0) is 19.1 Å². The first-order valence-corrected chi connectivity index (χ1v) is 14.5. The van der Waals surface area contributed by atoms with Gasteiger partial charge in [0.05, 0.1) is 12.1 Å². The van der Waals surface area contributed by atoms with E-state index in [9.17, 15) is 9.59 Å². The van der Waals surface area contributed by atoms with Crippen molar-refractivity contribution >= 4 is 74.8 Å². The van der Waals surface area contributed by atoms with E-state index in [0.29, 0.717) is 0 Å². The van der Waals surface area contributed by atoms with Crippen LogP contribution in [0.3, 0.4) is 0 Å². The van der Waals surface area contributed by atoms with E-state index in [1.807, 2.05) is 38.0 Å². The van der Waals surface area contributed by atoms with Gasteiger partial charge in [-0.3, -0.25) is 0 Å². The molecule has 4 unspecified atom stereocenters. The lowest BCUT2D eigenvalue weighted by Gasteiger charge is -2.34. The summed E-state index contributed by atoms with van der Waals surface area (Å²) in [7, 11) is 17.3. The molecule has 0 radical (unpaired) electrons. The number of nitrogens with zero attached hydrogens (tertiary/aromatic N) is 2. The van der Waals surface area contributed by atoms with E-state index >= 15 is 0 Å². The van der Waals surface area contributed by atoms with Crippen LogP contribution < -0.4 is 0 Å². The second kappa shape index (κ2) is 10.3. The molecule has 0 saturated carbocycles. The Labute approximate surface area is 165 Å². The van der Waals surface area contributed by atoms with Gasteiger partial charge in [-0.2, -0.15) is 0 Å². The largest absolute Gasteiger partial charge is 0.440 e. The molecule has 138 valence electrons. The van der Waals surface area contributed by atoms with Gasteiger partial charge in [0.25, 0.3) is 0 Å². The first-order chi connectivity index (χ1) is 11.4. The summed E-state index contributed by atoms with van der Waals surface area (Å²) < 4.78 is 10.8.